The maximum Gasteiger partial charge on any atom is 0.434 e. The molecule has 5 rings (SSSR count). The van der Waals surface area contributed by atoms with Crippen molar-refractivity contribution >= 4 is 22.8 Å². The number of nitrogens with zero attached hydrogens (tertiary/aromatic N) is 4. The Labute approximate surface area is 224 Å². The number of ether oxygens (including phenoxy) is 1. The normalized spacial score (nSPS) is 11.8. The molecule has 0 saturated carbocycles. The molecule has 5 aromatic rings. The highest BCUT2D eigenvalue weighted by Crippen LogP contribution is 2.35. The molecule has 0 aliphatic heterocycles. The van der Waals surface area contributed by atoms with Gasteiger partial charge in [0, 0.05) is 30.1 Å². The van der Waals surface area contributed by atoms with E-state index in [0.717, 1.165) is 17.8 Å². The van der Waals surface area contributed by atoms with E-state index in [1.54, 1.807) is 32.9 Å². The van der Waals surface area contributed by atoms with Crippen LogP contribution in [-0.2, 0) is 6.18 Å². The fraction of sp³-hybridized carbons (Fsp3) is 0.185. The van der Waals surface area contributed by atoms with Gasteiger partial charge in [0.25, 0.3) is 5.91 Å². The minimum atomic E-state index is -4.90. The van der Waals surface area contributed by atoms with Crippen LogP contribution in [0.1, 0.15) is 41.5 Å². The number of halogens is 4. The number of H-pyrrole nitrogens is 1. The summed E-state index contributed by atoms with van der Waals surface area (Å²) in [7, 11) is 0. The maximum absolute atomic E-state index is 15.0. The molecule has 206 valence electrons. The predicted octanol–water partition coefficient (Wildman–Crippen LogP) is 6.00. The molecule has 0 aliphatic carbocycles. The molecule has 0 fully saturated rings. The SMILES string of the molecule is Cc1ccc(-n2ncc(C(=O)Nc3ccc(Oc4ccnc5[nH]c(=O)n(C(C)C)c45)c(F)c3)c2C(F)(F)F)cc1. The Morgan fingerprint density at radius 2 is 1.80 bits per heavy atom. The lowest BCUT2D eigenvalue weighted by Gasteiger charge is -2.14. The van der Waals surface area contributed by atoms with Gasteiger partial charge in [-0.05, 0) is 45.0 Å². The van der Waals surface area contributed by atoms with Crippen molar-refractivity contribution in [3.8, 4) is 17.2 Å². The summed E-state index contributed by atoms with van der Waals surface area (Å²) >= 11 is 0. The molecule has 3 aromatic heterocycles. The molecule has 9 nitrogen and oxygen atoms in total. The zero-order chi connectivity index (χ0) is 28.8. The summed E-state index contributed by atoms with van der Waals surface area (Å²) in [5, 5.41) is 6.06. The average molecular weight is 555 g/mol. The molecule has 0 unspecified atom stereocenters. The van der Waals surface area contributed by atoms with Gasteiger partial charge in [0.05, 0.1) is 17.4 Å². The van der Waals surface area contributed by atoms with Crippen molar-refractivity contribution < 1.29 is 27.1 Å². The first-order valence-corrected chi connectivity index (χ1v) is 12.0. The van der Waals surface area contributed by atoms with Crippen LogP contribution in [0.15, 0.2) is 65.7 Å². The van der Waals surface area contributed by atoms with Crippen molar-refractivity contribution in [1.82, 2.24) is 24.3 Å². The number of pyridine rings is 1. The smallest absolute Gasteiger partial charge is 0.434 e. The number of fused-ring (bicyclic) bond motifs is 1. The van der Waals surface area contributed by atoms with Gasteiger partial charge in [0.15, 0.2) is 28.7 Å². The molecule has 0 bridgehead atoms. The zero-order valence-corrected chi connectivity index (χ0v) is 21.4. The molecule has 2 aromatic carbocycles. The van der Waals surface area contributed by atoms with Gasteiger partial charge in [-0.15, -0.1) is 0 Å². The number of aromatic nitrogens is 5. The van der Waals surface area contributed by atoms with E-state index in [0.29, 0.717) is 10.2 Å². The van der Waals surface area contributed by atoms with Crippen LogP contribution in [0.5, 0.6) is 11.5 Å². The summed E-state index contributed by atoms with van der Waals surface area (Å²) in [4.78, 5) is 31.9. The zero-order valence-electron chi connectivity index (χ0n) is 21.4. The third kappa shape index (κ3) is 4.93. The van der Waals surface area contributed by atoms with Gasteiger partial charge >= 0.3 is 11.9 Å². The molecule has 13 heteroatoms. The molecule has 0 radical (unpaired) electrons. The number of hydrogen-bond donors (Lipinski definition) is 2. The number of nitrogens with one attached hydrogen (secondary N) is 2. The molecule has 0 spiro atoms. The van der Waals surface area contributed by atoms with Crippen LogP contribution in [-0.4, -0.2) is 30.2 Å². The van der Waals surface area contributed by atoms with Crippen molar-refractivity contribution in [3.63, 3.8) is 0 Å². The van der Waals surface area contributed by atoms with Gasteiger partial charge in [-0.2, -0.15) is 18.3 Å². The lowest BCUT2D eigenvalue weighted by molar-refractivity contribution is -0.143. The van der Waals surface area contributed by atoms with Gasteiger partial charge in [-0.25, -0.2) is 18.9 Å². The van der Waals surface area contributed by atoms with Crippen molar-refractivity contribution in [3.05, 3.63) is 94.0 Å². The number of alkyl halides is 3. The highest BCUT2D eigenvalue weighted by Gasteiger charge is 2.40. The topological polar surface area (TPSA) is 107 Å². The minimum Gasteiger partial charge on any atom is -0.452 e. The second-order valence-electron chi connectivity index (χ2n) is 9.25. The summed E-state index contributed by atoms with van der Waals surface area (Å²) in [5.41, 5.74) is -0.946. The maximum atomic E-state index is 15.0. The second kappa shape index (κ2) is 9.98. The average Bonchev–Trinajstić information content (AvgIpc) is 3.48. The molecule has 0 atom stereocenters. The van der Waals surface area contributed by atoms with Crippen molar-refractivity contribution in [2.45, 2.75) is 33.0 Å². The van der Waals surface area contributed by atoms with E-state index in [9.17, 15) is 22.8 Å². The third-order valence-corrected chi connectivity index (χ3v) is 6.06. The lowest BCUT2D eigenvalue weighted by atomic mass is 10.2. The first-order chi connectivity index (χ1) is 18.9. The van der Waals surface area contributed by atoms with Crippen LogP contribution < -0.4 is 15.7 Å². The summed E-state index contributed by atoms with van der Waals surface area (Å²) in [6.45, 7) is 5.37. The van der Waals surface area contributed by atoms with Crippen LogP contribution in [0.3, 0.4) is 0 Å². The number of imidazole rings is 1. The van der Waals surface area contributed by atoms with E-state index in [4.69, 9.17) is 4.74 Å². The molecule has 0 aliphatic rings. The highest BCUT2D eigenvalue weighted by molar-refractivity contribution is 6.05. The number of anilines is 1. The molecule has 2 N–H and O–H groups in total. The summed E-state index contributed by atoms with van der Waals surface area (Å²) < 4.78 is 64.7. The van der Waals surface area contributed by atoms with Gasteiger partial charge < -0.3 is 10.1 Å². The Kier molecular flexibility index (Phi) is 6.65. The third-order valence-electron chi connectivity index (χ3n) is 6.06. The van der Waals surface area contributed by atoms with Crippen LogP contribution in [0, 0.1) is 12.7 Å². The fourth-order valence-electron chi connectivity index (χ4n) is 4.25. The van der Waals surface area contributed by atoms with Gasteiger partial charge in [0.2, 0.25) is 0 Å². The van der Waals surface area contributed by atoms with E-state index < -0.39 is 34.8 Å². The minimum absolute atomic E-state index is 0.105. The summed E-state index contributed by atoms with van der Waals surface area (Å²) in [6, 6.07) is 10.8. The van der Waals surface area contributed by atoms with E-state index in [-0.39, 0.29) is 34.6 Å². The van der Waals surface area contributed by atoms with E-state index in [2.05, 4.69) is 20.4 Å². The number of carbonyl (C=O) groups is 1. The standard InChI is InChI=1S/C27H22F4N6O3/c1-14(2)36-22-21(10-11-32-24(22)35-26(36)39)40-20-9-6-16(12-19(20)28)34-25(38)18-13-33-37(23(18)27(29,30)31)17-7-4-15(3)5-8-17/h4-14H,1-3H3,(H,34,38)(H,32,35,39). The number of amides is 1. The van der Waals surface area contributed by atoms with Gasteiger partial charge in [0.1, 0.15) is 5.52 Å². The Morgan fingerprint density at radius 1 is 1.07 bits per heavy atom. The van der Waals surface area contributed by atoms with E-state index >= 15 is 4.39 Å². The highest BCUT2D eigenvalue weighted by atomic mass is 19.4. The predicted molar refractivity (Wildman–Crippen MR) is 138 cm³/mol. The Balaban J connectivity index is 1.42. The molecular formula is C27H22F4N6O3. The Morgan fingerprint density at radius 3 is 2.45 bits per heavy atom. The summed E-state index contributed by atoms with van der Waals surface area (Å²) in [6.07, 6.45) is -2.70. The van der Waals surface area contributed by atoms with Crippen LogP contribution in [0.25, 0.3) is 16.9 Å². The van der Waals surface area contributed by atoms with E-state index in [1.165, 1.54) is 41.1 Å². The molecular weight excluding hydrogens is 532 g/mol. The summed E-state index contributed by atoms with van der Waals surface area (Å²) in [5.74, 6) is -2.10. The molecule has 3 heterocycles. The van der Waals surface area contributed by atoms with Gasteiger partial charge in [-0.1, -0.05) is 17.7 Å². The second-order valence-corrected chi connectivity index (χ2v) is 9.25. The Hall–Kier alpha value is -4.94. The number of hydrogen-bond acceptors (Lipinski definition) is 5. The molecule has 0 saturated heterocycles. The van der Waals surface area contributed by atoms with Crippen molar-refractivity contribution in [1.29, 1.82) is 0 Å². The molecule has 1 amide bonds. The quantitative estimate of drug-likeness (QED) is 0.250. The number of rotatable bonds is 6. The molecule has 40 heavy (non-hydrogen) atoms. The largest absolute Gasteiger partial charge is 0.452 e. The monoisotopic (exact) mass is 554 g/mol. The van der Waals surface area contributed by atoms with Crippen LogP contribution in [0.2, 0.25) is 0 Å². The van der Waals surface area contributed by atoms with Crippen LogP contribution in [0.4, 0.5) is 23.2 Å². The van der Waals surface area contributed by atoms with Gasteiger partial charge in [-0.3, -0.25) is 14.3 Å². The number of benzene rings is 2. The number of carbonyl (C=O) groups excluding carboxylic acids is 1. The number of aromatic amines is 1. The number of aryl methyl sites for hydroxylation is 1. The van der Waals surface area contributed by atoms with E-state index in [1.807, 2.05) is 0 Å². The first-order valence-electron chi connectivity index (χ1n) is 12.0. The lowest BCUT2D eigenvalue weighted by Crippen LogP contribution is -2.20. The Bertz CT molecular complexity index is 1790. The van der Waals surface area contributed by atoms with Crippen molar-refractivity contribution in [2.24, 2.45) is 0 Å². The first kappa shape index (κ1) is 26.7. The van der Waals surface area contributed by atoms with Crippen LogP contribution >= 0.6 is 0 Å². The fourth-order valence-corrected chi connectivity index (χ4v) is 4.25. The van der Waals surface area contributed by atoms with Crippen molar-refractivity contribution in [2.75, 3.05) is 5.32 Å².